The Balaban J connectivity index is 1.99. The number of amides is 1. The summed E-state index contributed by atoms with van der Waals surface area (Å²) in [6.45, 7) is 4.12. The summed E-state index contributed by atoms with van der Waals surface area (Å²) in [7, 11) is 0. The number of rotatable bonds is 3. The van der Waals surface area contributed by atoms with Crippen LogP contribution in [0.3, 0.4) is 0 Å². The van der Waals surface area contributed by atoms with Crippen molar-refractivity contribution in [3.05, 3.63) is 0 Å². The van der Waals surface area contributed by atoms with E-state index < -0.39 is 0 Å². The third-order valence-corrected chi connectivity index (χ3v) is 3.96. The fourth-order valence-corrected chi connectivity index (χ4v) is 2.77. The molecule has 3 nitrogen and oxygen atoms in total. The van der Waals surface area contributed by atoms with E-state index in [1.807, 2.05) is 6.92 Å². The molecule has 92 valence electrons. The van der Waals surface area contributed by atoms with Crippen LogP contribution in [0.1, 0.15) is 52.4 Å². The van der Waals surface area contributed by atoms with Crippen LogP contribution in [0.5, 0.6) is 0 Å². The number of carbonyl (C=O) groups is 1. The van der Waals surface area contributed by atoms with Crippen molar-refractivity contribution in [2.45, 2.75) is 70.5 Å². The Kier molecular flexibility index (Phi) is 3.53. The Bertz CT molecular complexity index is 253. The van der Waals surface area contributed by atoms with E-state index in [4.69, 9.17) is 5.73 Å². The fraction of sp³-hybridized carbons (Fsp3) is 0.923. The summed E-state index contributed by atoms with van der Waals surface area (Å²) in [5.74, 6) is 1.00. The molecule has 2 rings (SSSR count). The maximum absolute atomic E-state index is 12.1. The molecular weight excluding hydrogens is 200 g/mol. The van der Waals surface area contributed by atoms with Crippen LogP contribution in [0.2, 0.25) is 0 Å². The number of hydrogen-bond acceptors (Lipinski definition) is 2. The summed E-state index contributed by atoms with van der Waals surface area (Å²) in [4.78, 5) is 14.2. The molecule has 0 unspecified atom stereocenters. The van der Waals surface area contributed by atoms with E-state index in [2.05, 4.69) is 11.8 Å². The van der Waals surface area contributed by atoms with Crippen LogP contribution in [0, 0.1) is 5.92 Å². The van der Waals surface area contributed by atoms with Gasteiger partial charge in [0.15, 0.2) is 0 Å². The lowest BCUT2D eigenvalue weighted by Gasteiger charge is -2.37. The summed E-state index contributed by atoms with van der Waals surface area (Å²) in [5.41, 5.74) is 5.75. The predicted octanol–water partition coefficient (Wildman–Crippen LogP) is 1.90. The van der Waals surface area contributed by atoms with Crippen LogP contribution in [-0.4, -0.2) is 28.9 Å². The zero-order valence-electron chi connectivity index (χ0n) is 10.5. The molecule has 2 fully saturated rings. The molecule has 0 aromatic carbocycles. The van der Waals surface area contributed by atoms with Gasteiger partial charge in [-0.15, -0.1) is 0 Å². The third-order valence-electron chi connectivity index (χ3n) is 3.96. The first-order chi connectivity index (χ1) is 7.59. The molecule has 0 spiro atoms. The Hall–Kier alpha value is -0.570. The maximum Gasteiger partial charge on any atom is 0.239 e. The van der Waals surface area contributed by atoms with E-state index in [1.165, 1.54) is 38.5 Å². The van der Waals surface area contributed by atoms with Gasteiger partial charge in [-0.05, 0) is 51.4 Å². The smallest absolute Gasteiger partial charge is 0.239 e. The molecule has 0 bridgehead atoms. The standard InChI is InChI=1S/C13H24N2O/c1-9-3-5-11(6-4-9)15(12-7-8-12)13(16)10(2)14/h9-12H,3-8,14H2,1-2H3/t9?,10-,11?/m0/s1. The van der Waals surface area contributed by atoms with E-state index in [0.717, 1.165) is 5.92 Å². The lowest BCUT2D eigenvalue weighted by Crippen LogP contribution is -2.49. The Morgan fingerprint density at radius 1 is 1.12 bits per heavy atom. The van der Waals surface area contributed by atoms with Crippen LogP contribution in [-0.2, 0) is 4.79 Å². The number of hydrogen-bond donors (Lipinski definition) is 1. The molecule has 1 atom stereocenters. The van der Waals surface area contributed by atoms with Gasteiger partial charge < -0.3 is 10.6 Å². The second kappa shape index (κ2) is 4.74. The molecule has 0 aliphatic heterocycles. The molecule has 2 N–H and O–H groups in total. The SMILES string of the molecule is CC1CCC(N(C(=O)[C@H](C)N)C2CC2)CC1. The van der Waals surface area contributed by atoms with Crippen molar-refractivity contribution in [1.29, 1.82) is 0 Å². The number of carbonyl (C=O) groups excluding carboxylic acids is 1. The minimum Gasteiger partial charge on any atom is -0.335 e. The molecule has 2 aliphatic rings. The van der Waals surface area contributed by atoms with Crippen molar-refractivity contribution in [3.63, 3.8) is 0 Å². The normalized spacial score (nSPS) is 32.2. The summed E-state index contributed by atoms with van der Waals surface area (Å²) >= 11 is 0. The molecule has 2 aliphatic carbocycles. The van der Waals surface area contributed by atoms with Crippen LogP contribution >= 0.6 is 0 Å². The molecule has 16 heavy (non-hydrogen) atoms. The van der Waals surface area contributed by atoms with Crippen LogP contribution in [0.25, 0.3) is 0 Å². The van der Waals surface area contributed by atoms with Gasteiger partial charge in [-0.25, -0.2) is 0 Å². The molecule has 2 saturated carbocycles. The molecule has 3 heteroatoms. The predicted molar refractivity (Wildman–Crippen MR) is 64.9 cm³/mol. The monoisotopic (exact) mass is 224 g/mol. The summed E-state index contributed by atoms with van der Waals surface area (Å²) in [6, 6.07) is 0.652. The van der Waals surface area contributed by atoms with Crippen molar-refractivity contribution in [2.24, 2.45) is 11.7 Å². The van der Waals surface area contributed by atoms with E-state index in [-0.39, 0.29) is 11.9 Å². The van der Waals surface area contributed by atoms with E-state index in [9.17, 15) is 4.79 Å². The minimum absolute atomic E-state index is 0.169. The first-order valence-corrected chi connectivity index (χ1v) is 6.67. The highest BCUT2D eigenvalue weighted by Crippen LogP contribution is 2.35. The molecule has 0 saturated heterocycles. The van der Waals surface area contributed by atoms with Gasteiger partial charge in [-0.3, -0.25) is 4.79 Å². The van der Waals surface area contributed by atoms with Gasteiger partial charge in [0, 0.05) is 12.1 Å². The van der Waals surface area contributed by atoms with E-state index >= 15 is 0 Å². The van der Waals surface area contributed by atoms with Gasteiger partial charge in [0.05, 0.1) is 6.04 Å². The highest BCUT2D eigenvalue weighted by Gasteiger charge is 2.39. The topological polar surface area (TPSA) is 46.3 Å². The average Bonchev–Trinajstić information content (AvgIpc) is 3.05. The number of nitrogens with zero attached hydrogens (tertiary/aromatic N) is 1. The first kappa shape index (κ1) is 11.9. The zero-order chi connectivity index (χ0) is 11.7. The highest BCUT2D eigenvalue weighted by molar-refractivity contribution is 5.82. The van der Waals surface area contributed by atoms with Crippen molar-refractivity contribution in [1.82, 2.24) is 4.90 Å². The number of nitrogens with two attached hydrogens (primary N) is 1. The molecule has 1 amide bonds. The Labute approximate surface area is 98.4 Å². The fourth-order valence-electron chi connectivity index (χ4n) is 2.77. The van der Waals surface area contributed by atoms with Gasteiger partial charge in [-0.2, -0.15) is 0 Å². The van der Waals surface area contributed by atoms with Gasteiger partial charge in [-0.1, -0.05) is 6.92 Å². The molecular formula is C13H24N2O. The van der Waals surface area contributed by atoms with Crippen LogP contribution in [0.4, 0.5) is 0 Å². The van der Waals surface area contributed by atoms with Gasteiger partial charge in [0.1, 0.15) is 0 Å². The highest BCUT2D eigenvalue weighted by atomic mass is 16.2. The van der Waals surface area contributed by atoms with Crippen molar-refractivity contribution >= 4 is 5.91 Å². The van der Waals surface area contributed by atoms with Crippen molar-refractivity contribution in [3.8, 4) is 0 Å². The van der Waals surface area contributed by atoms with Crippen molar-refractivity contribution < 1.29 is 4.79 Å². The summed E-state index contributed by atoms with van der Waals surface area (Å²) in [5, 5.41) is 0. The van der Waals surface area contributed by atoms with Crippen molar-refractivity contribution in [2.75, 3.05) is 0 Å². The largest absolute Gasteiger partial charge is 0.335 e. The zero-order valence-corrected chi connectivity index (χ0v) is 10.5. The minimum atomic E-state index is -0.333. The molecule has 0 heterocycles. The lowest BCUT2D eigenvalue weighted by atomic mass is 9.86. The average molecular weight is 224 g/mol. The molecule has 0 aromatic rings. The second-order valence-electron chi connectivity index (χ2n) is 5.68. The molecule has 0 aromatic heterocycles. The molecule has 0 radical (unpaired) electrons. The van der Waals surface area contributed by atoms with Crippen LogP contribution in [0.15, 0.2) is 0 Å². The first-order valence-electron chi connectivity index (χ1n) is 6.67. The Morgan fingerprint density at radius 2 is 1.56 bits per heavy atom. The lowest BCUT2D eigenvalue weighted by molar-refractivity contribution is -0.136. The quantitative estimate of drug-likeness (QED) is 0.796. The van der Waals surface area contributed by atoms with Gasteiger partial charge in [0.2, 0.25) is 5.91 Å². The summed E-state index contributed by atoms with van der Waals surface area (Å²) in [6.07, 6.45) is 7.25. The second-order valence-corrected chi connectivity index (χ2v) is 5.68. The van der Waals surface area contributed by atoms with Crippen LogP contribution < -0.4 is 5.73 Å². The maximum atomic E-state index is 12.1. The third kappa shape index (κ3) is 2.57. The van der Waals surface area contributed by atoms with Gasteiger partial charge in [0.25, 0.3) is 0 Å². The van der Waals surface area contributed by atoms with E-state index in [1.54, 1.807) is 0 Å². The summed E-state index contributed by atoms with van der Waals surface area (Å²) < 4.78 is 0. The van der Waals surface area contributed by atoms with E-state index in [0.29, 0.717) is 12.1 Å². The Morgan fingerprint density at radius 3 is 1.94 bits per heavy atom. The van der Waals surface area contributed by atoms with Gasteiger partial charge >= 0.3 is 0 Å².